The Balaban J connectivity index is 1.87. The quantitative estimate of drug-likeness (QED) is 0.698. The Morgan fingerprint density at radius 3 is 2.57 bits per heavy atom. The molecule has 0 aliphatic carbocycles. The van der Waals surface area contributed by atoms with E-state index in [1.165, 1.54) is 11.3 Å². The summed E-state index contributed by atoms with van der Waals surface area (Å²) in [4.78, 5) is 17.6. The topological polar surface area (TPSA) is 42.0 Å². The first-order valence-corrected chi connectivity index (χ1v) is 8.34. The molecule has 1 heterocycles. The fourth-order valence-electron chi connectivity index (χ4n) is 2.21. The van der Waals surface area contributed by atoms with Gasteiger partial charge in [-0.3, -0.25) is 4.79 Å². The van der Waals surface area contributed by atoms with Crippen molar-refractivity contribution in [3.05, 3.63) is 69.7 Å². The summed E-state index contributed by atoms with van der Waals surface area (Å²) in [6, 6.07) is 15.4. The van der Waals surface area contributed by atoms with Gasteiger partial charge in [0.15, 0.2) is 0 Å². The SMILES string of the molecule is Cc1ccc(NC(=O)c2sc(-c3ccccc3)nc2C)c(Cl)c1. The summed E-state index contributed by atoms with van der Waals surface area (Å²) in [6.45, 7) is 3.80. The molecule has 3 aromatic rings. The summed E-state index contributed by atoms with van der Waals surface area (Å²) in [6.07, 6.45) is 0. The lowest BCUT2D eigenvalue weighted by Gasteiger charge is -2.07. The lowest BCUT2D eigenvalue weighted by molar-refractivity contribution is 0.103. The molecule has 1 N–H and O–H groups in total. The Labute approximate surface area is 144 Å². The number of anilines is 1. The van der Waals surface area contributed by atoms with E-state index in [4.69, 9.17) is 11.6 Å². The van der Waals surface area contributed by atoms with Crippen LogP contribution in [0.15, 0.2) is 48.5 Å². The van der Waals surface area contributed by atoms with Crippen molar-refractivity contribution in [1.82, 2.24) is 4.98 Å². The molecule has 116 valence electrons. The molecule has 23 heavy (non-hydrogen) atoms. The molecule has 1 amide bonds. The highest BCUT2D eigenvalue weighted by Gasteiger charge is 2.17. The van der Waals surface area contributed by atoms with Crippen LogP contribution in [-0.4, -0.2) is 10.9 Å². The number of benzene rings is 2. The molecule has 0 saturated heterocycles. The summed E-state index contributed by atoms with van der Waals surface area (Å²) in [5, 5.41) is 4.23. The van der Waals surface area contributed by atoms with Crippen LogP contribution in [0.3, 0.4) is 0 Å². The zero-order valence-corrected chi connectivity index (χ0v) is 14.3. The van der Waals surface area contributed by atoms with Crippen molar-refractivity contribution in [3.63, 3.8) is 0 Å². The van der Waals surface area contributed by atoms with Gasteiger partial charge in [-0.25, -0.2) is 4.98 Å². The van der Waals surface area contributed by atoms with Gasteiger partial charge in [0.2, 0.25) is 0 Å². The van der Waals surface area contributed by atoms with Gasteiger partial charge in [-0.15, -0.1) is 11.3 Å². The van der Waals surface area contributed by atoms with Crippen molar-refractivity contribution in [2.45, 2.75) is 13.8 Å². The molecule has 2 aromatic carbocycles. The molecule has 0 fully saturated rings. The third-order valence-corrected chi connectivity index (χ3v) is 4.91. The molecule has 0 atom stereocenters. The van der Waals surface area contributed by atoms with E-state index in [0.29, 0.717) is 15.6 Å². The highest BCUT2D eigenvalue weighted by atomic mass is 35.5. The number of rotatable bonds is 3. The van der Waals surface area contributed by atoms with E-state index in [2.05, 4.69) is 10.3 Å². The van der Waals surface area contributed by atoms with E-state index in [1.54, 1.807) is 0 Å². The van der Waals surface area contributed by atoms with E-state index >= 15 is 0 Å². The van der Waals surface area contributed by atoms with Crippen LogP contribution in [-0.2, 0) is 0 Å². The van der Waals surface area contributed by atoms with Gasteiger partial charge in [-0.05, 0) is 31.5 Å². The number of hydrogen-bond acceptors (Lipinski definition) is 3. The number of nitrogens with zero attached hydrogens (tertiary/aromatic N) is 1. The maximum Gasteiger partial charge on any atom is 0.267 e. The van der Waals surface area contributed by atoms with Gasteiger partial charge in [0.05, 0.1) is 16.4 Å². The lowest BCUT2D eigenvalue weighted by atomic mass is 10.2. The number of amides is 1. The predicted molar refractivity (Wildman–Crippen MR) is 96.4 cm³/mol. The van der Waals surface area contributed by atoms with Crippen molar-refractivity contribution >= 4 is 34.5 Å². The second-order valence-electron chi connectivity index (χ2n) is 5.24. The van der Waals surface area contributed by atoms with Crippen LogP contribution >= 0.6 is 22.9 Å². The summed E-state index contributed by atoms with van der Waals surface area (Å²) in [5.41, 5.74) is 3.38. The summed E-state index contributed by atoms with van der Waals surface area (Å²) in [7, 11) is 0. The molecule has 0 saturated carbocycles. The minimum absolute atomic E-state index is 0.187. The average molecular weight is 343 g/mol. The average Bonchev–Trinajstić information content (AvgIpc) is 2.93. The number of nitrogens with one attached hydrogen (secondary N) is 1. The van der Waals surface area contributed by atoms with Crippen molar-refractivity contribution in [2.24, 2.45) is 0 Å². The van der Waals surface area contributed by atoms with Crippen molar-refractivity contribution < 1.29 is 4.79 Å². The normalized spacial score (nSPS) is 10.6. The van der Waals surface area contributed by atoms with Crippen LogP contribution in [0.2, 0.25) is 5.02 Å². The lowest BCUT2D eigenvalue weighted by Crippen LogP contribution is -2.11. The molecule has 3 rings (SSSR count). The molecule has 0 bridgehead atoms. The molecular formula is C18H15ClN2OS. The number of carbonyl (C=O) groups is 1. The van der Waals surface area contributed by atoms with Gasteiger partial charge < -0.3 is 5.32 Å². The second-order valence-corrected chi connectivity index (χ2v) is 6.64. The van der Waals surface area contributed by atoms with Crippen LogP contribution < -0.4 is 5.32 Å². The molecule has 5 heteroatoms. The number of aromatic nitrogens is 1. The van der Waals surface area contributed by atoms with Gasteiger partial charge in [-0.2, -0.15) is 0 Å². The van der Waals surface area contributed by atoms with Crippen molar-refractivity contribution in [2.75, 3.05) is 5.32 Å². The third-order valence-electron chi connectivity index (χ3n) is 3.40. The molecule has 0 spiro atoms. The summed E-state index contributed by atoms with van der Waals surface area (Å²) < 4.78 is 0. The van der Waals surface area contributed by atoms with E-state index < -0.39 is 0 Å². The largest absolute Gasteiger partial charge is 0.320 e. The van der Waals surface area contributed by atoms with E-state index in [0.717, 1.165) is 21.8 Å². The van der Waals surface area contributed by atoms with Crippen LogP contribution in [0, 0.1) is 13.8 Å². The predicted octanol–water partition coefficient (Wildman–Crippen LogP) is 5.33. The molecule has 0 aliphatic rings. The number of halogens is 1. The molecule has 0 radical (unpaired) electrons. The van der Waals surface area contributed by atoms with Gasteiger partial charge >= 0.3 is 0 Å². The Morgan fingerprint density at radius 1 is 1.13 bits per heavy atom. The smallest absolute Gasteiger partial charge is 0.267 e. The van der Waals surface area contributed by atoms with Crippen LogP contribution in [0.5, 0.6) is 0 Å². The van der Waals surface area contributed by atoms with Crippen molar-refractivity contribution in [1.29, 1.82) is 0 Å². The number of aryl methyl sites for hydroxylation is 2. The summed E-state index contributed by atoms with van der Waals surface area (Å²) >= 11 is 7.56. The standard InChI is InChI=1S/C18H15ClN2OS/c1-11-8-9-15(14(19)10-11)21-17(22)16-12(2)20-18(23-16)13-6-4-3-5-7-13/h3-10H,1-2H3,(H,21,22). The maximum atomic E-state index is 12.5. The number of hydrogen-bond donors (Lipinski definition) is 1. The monoisotopic (exact) mass is 342 g/mol. The van der Waals surface area contributed by atoms with Gasteiger partial charge in [0.1, 0.15) is 9.88 Å². The zero-order valence-electron chi connectivity index (χ0n) is 12.8. The van der Waals surface area contributed by atoms with Gasteiger partial charge in [0.25, 0.3) is 5.91 Å². The van der Waals surface area contributed by atoms with E-state index in [9.17, 15) is 4.79 Å². The minimum Gasteiger partial charge on any atom is -0.320 e. The molecular weight excluding hydrogens is 328 g/mol. The van der Waals surface area contributed by atoms with Gasteiger partial charge in [-0.1, -0.05) is 48.0 Å². The van der Waals surface area contributed by atoms with Crippen LogP contribution in [0.25, 0.3) is 10.6 Å². The first-order valence-electron chi connectivity index (χ1n) is 7.15. The van der Waals surface area contributed by atoms with E-state index in [-0.39, 0.29) is 5.91 Å². The molecule has 0 unspecified atom stereocenters. The fraction of sp³-hybridized carbons (Fsp3) is 0.111. The van der Waals surface area contributed by atoms with Crippen LogP contribution in [0.4, 0.5) is 5.69 Å². The Morgan fingerprint density at radius 2 is 1.87 bits per heavy atom. The Hall–Kier alpha value is -2.17. The van der Waals surface area contributed by atoms with Crippen LogP contribution in [0.1, 0.15) is 20.9 Å². The number of thiazole rings is 1. The number of carbonyl (C=O) groups excluding carboxylic acids is 1. The first kappa shape index (κ1) is 15.7. The fourth-order valence-corrected chi connectivity index (χ4v) is 3.46. The zero-order chi connectivity index (χ0) is 16.4. The van der Waals surface area contributed by atoms with Crippen molar-refractivity contribution in [3.8, 4) is 10.6 Å². The maximum absolute atomic E-state index is 12.5. The molecule has 1 aromatic heterocycles. The van der Waals surface area contributed by atoms with Gasteiger partial charge in [0, 0.05) is 5.56 Å². The summed E-state index contributed by atoms with van der Waals surface area (Å²) in [5.74, 6) is -0.187. The second kappa shape index (κ2) is 6.52. The minimum atomic E-state index is -0.187. The Bertz CT molecular complexity index is 859. The molecule has 0 aliphatic heterocycles. The first-order chi connectivity index (χ1) is 11.0. The Kier molecular flexibility index (Phi) is 4.46. The molecule has 3 nitrogen and oxygen atoms in total. The highest BCUT2D eigenvalue weighted by molar-refractivity contribution is 7.17. The van der Waals surface area contributed by atoms with E-state index in [1.807, 2.05) is 62.4 Å². The highest BCUT2D eigenvalue weighted by Crippen LogP contribution is 2.29. The third kappa shape index (κ3) is 3.44.